The van der Waals surface area contributed by atoms with E-state index in [1.807, 2.05) is 60.7 Å². The number of carbonyl (C=O) groups is 2. The maximum atomic E-state index is 12.8. The van der Waals surface area contributed by atoms with Crippen molar-refractivity contribution in [3.63, 3.8) is 0 Å². The molecule has 0 fully saturated rings. The number of amides is 1. The molecule has 1 amide bonds. The first-order chi connectivity index (χ1) is 16.9. The van der Waals surface area contributed by atoms with Gasteiger partial charge >= 0.3 is 11.6 Å². The average molecular weight is 472 g/mol. The summed E-state index contributed by atoms with van der Waals surface area (Å²) < 4.78 is 16.0. The van der Waals surface area contributed by atoms with E-state index in [-0.39, 0.29) is 6.42 Å². The highest BCUT2D eigenvalue weighted by molar-refractivity contribution is 5.94. The summed E-state index contributed by atoms with van der Waals surface area (Å²) in [4.78, 5) is 37.2. The van der Waals surface area contributed by atoms with Crippen molar-refractivity contribution in [3.05, 3.63) is 101 Å². The molecule has 0 saturated heterocycles. The number of nitrogens with one attached hydrogen (secondary N) is 1. The zero-order valence-electron chi connectivity index (χ0n) is 19.4. The summed E-state index contributed by atoms with van der Waals surface area (Å²) in [5.74, 6) is -0.669. The van der Waals surface area contributed by atoms with E-state index in [0.29, 0.717) is 11.3 Å². The number of benzene rings is 3. The molecular formula is C28H25NO6. The highest BCUT2D eigenvalue weighted by Gasteiger charge is 2.25. The third-order valence-electron chi connectivity index (χ3n) is 5.57. The Bertz CT molecular complexity index is 1380. The molecule has 0 aliphatic heterocycles. The monoisotopic (exact) mass is 471 g/mol. The van der Waals surface area contributed by atoms with Crippen LogP contribution in [0.2, 0.25) is 0 Å². The fraction of sp³-hybridized carbons (Fsp3) is 0.179. The maximum absolute atomic E-state index is 12.8. The Morgan fingerprint density at radius 1 is 0.943 bits per heavy atom. The third-order valence-corrected chi connectivity index (χ3v) is 5.57. The Morgan fingerprint density at radius 3 is 2.31 bits per heavy atom. The van der Waals surface area contributed by atoms with Crippen LogP contribution in [0.25, 0.3) is 22.1 Å². The van der Waals surface area contributed by atoms with Crippen molar-refractivity contribution in [2.45, 2.75) is 25.5 Å². The summed E-state index contributed by atoms with van der Waals surface area (Å²) in [7, 11) is 1.28. The van der Waals surface area contributed by atoms with Gasteiger partial charge in [-0.05, 0) is 35.7 Å². The van der Waals surface area contributed by atoms with Crippen LogP contribution in [0.5, 0.6) is 5.75 Å². The number of fused-ring (bicyclic) bond motifs is 1. The predicted molar refractivity (Wildman–Crippen MR) is 132 cm³/mol. The van der Waals surface area contributed by atoms with E-state index in [2.05, 4.69) is 5.32 Å². The molecule has 1 aromatic heterocycles. The molecule has 1 heterocycles. The van der Waals surface area contributed by atoms with Gasteiger partial charge in [0.05, 0.1) is 7.11 Å². The molecule has 4 rings (SSSR count). The normalized spacial score (nSPS) is 12.5. The Labute approximate surface area is 202 Å². The molecular weight excluding hydrogens is 446 g/mol. The van der Waals surface area contributed by atoms with Gasteiger partial charge in [-0.25, -0.2) is 9.59 Å². The Hall–Kier alpha value is -4.39. The van der Waals surface area contributed by atoms with Crippen molar-refractivity contribution in [2.75, 3.05) is 7.11 Å². The lowest BCUT2D eigenvalue weighted by Crippen LogP contribution is -2.47. The Morgan fingerprint density at radius 2 is 1.63 bits per heavy atom. The SMILES string of the molecule is COC(=O)C(Cc1ccccc1)NC(=O)C(C)Oc1ccc2c(-c3ccccc3)cc(=O)oc2c1. The van der Waals surface area contributed by atoms with E-state index < -0.39 is 29.6 Å². The van der Waals surface area contributed by atoms with Gasteiger partial charge in [-0.3, -0.25) is 4.79 Å². The summed E-state index contributed by atoms with van der Waals surface area (Å²) in [5.41, 5.74) is 2.38. The molecule has 3 aromatic carbocycles. The standard InChI is InChI=1S/C28H25NO6/c1-18(27(31)29-24(28(32)33-2)15-19-9-5-3-6-10-19)34-21-13-14-22-23(20-11-7-4-8-12-20)17-26(30)35-25(22)16-21/h3-14,16-18,24H,15H2,1-2H3,(H,29,31). The van der Waals surface area contributed by atoms with Gasteiger partial charge in [-0.2, -0.15) is 0 Å². The number of ether oxygens (including phenoxy) is 2. The van der Waals surface area contributed by atoms with Crippen LogP contribution in [0.3, 0.4) is 0 Å². The van der Waals surface area contributed by atoms with Crippen molar-refractivity contribution < 1.29 is 23.5 Å². The minimum Gasteiger partial charge on any atom is -0.481 e. The predicted octanol–water partition coefficient (Wildman–Crippen LogP) is 4.13. The summed E-state index contributed by atoms with van der Waals surface area (Å²) in [5, 5.41) is 3.45. The van der Waals surface area contributed by atoms with E-state index in [9.17, 15) is 14.4 Å². The first kappa shape index (κ1) is 23.8. The van der Waals surface area contributed by atoms with Crippen molar-refractivity contribution in [1.29, 1.82) is 0 Å². The second kappa shape index (κ2) is 10.7. The third kappa shape index (κ3) is 5.76. The average Bonchev–Trinajstić information content (AvgIpc) is 2.88. The lowest BCUT2D eigenvalue weighted by Gasteiger charge is -2.20. The van der Waals surface area contributed by atoms with Crippen LogP contribution in [0, 0.1) is 0 Å². The second-order valence-corrected chi connectivity index (χ2v) is 8.04. The van der Waals surface area contributed by atoms with Crippen LogP contribution >= 0.6 is 0 Å². The number of carbonyl (C=O) groups excluding carboxylic acids is 2. The van der Waals surface area contributed by atoms with E-state index in [1.54, 1.807) is 25.1 Å². The van der Waals surface area contributed by atoms with E-state index in [4.69, 9.17) is 13.9 Å². The Balaban J connectivity index is 1.51. The largest absolute Gasteiger partial charge is 0.481 e. The molecule has 0 bridgehead atoms. The molecule has 0 saturated carbocycles. The fourth-order valence-corrected chi connectivity index (χ4v) is 3.80. The van der Waals surface area contributed by atoms with Gasteiger partial charge in [0.1, 0.15) is 17.4 Å². The van der Waals surface area contributed by atoms with Crippen molar-refractivity contribution in [2.24, 2.45) is 0 Å². The molecule has 7 heteroatoms. The van der Waals surface area contributed by atoms with Crippen LogP contribution in [0.15, 0.2) is 94.1 Å². The van der Waals surface area contributed by atoms with Crippen molar-refractivity contribution in [3.8, 4) is 16.9 Å². The fourth-order valence-electron chi connectivity index (χ4n) is 3.80. The molecule has 2 unspecified atom stereocenters. The van der Waals surface area contributed by atoms with E-state index in [1.165, 1.54) is 13.2 Å². The highest BCUT2D eigenvalue weighted by Crippen LogP contribution is 2.29. The molecule has 7 nitrogen and oxygen atoms in total. The van der Waals surface area contributed by atoms with Crippen LogP contribution in [-0.2, 0) is 20.7 Å². The van der Waals surface area contributed by atoms with E-state index in [0.717, 1.165) is 22.1 Å². The van der Waals surface area contributed by atoms with Crippen LogP contribution in [0.1, 0.15) is 12.5 Å². The van der Waals surface area contributed by atoms with Gasteiger partial charge in [0, 0.05) is 23.9 Å². The maximum Gasteiger partial charge on any atom is 0.336 e. The number of hydrogen-bond donors (Lipinski definition) is 1. The van der Waals surface area contributed by atoms with Crippen molar-refractivity contribution >= 4 is 22.8 Å². The quantitative estimate of drug-likeness (QED) is 0.307. The first-order valence-corrected chi connectivity index (χ1v) is 11.2. The molecule has 178 valence electrons. The van der Waals surface area contributed by atoms with Gasteiger partial charge < -0.3 is 19.2 Å². The molecule has 1 N–H and O–H groups in total. The number of rotatable bonds is 8. The summed E-state index contributed by atoms with van der Waals surface area (Å²) in [6.07, 6.45) is -0.630. The summed E-state index contributed by atoms with van der Waals surface area (Å²) >= 11 is 0. The van der Waals surface area contributed by atoms with Gasteiger partial charge in [-0.1, -0.05) is 60.7 Å². The topological polar surface area (TPSA) is 94.8 Å². The zero-order valence-corrected chi connectivity index (χ0v) is 19.4. The lowest BCUT2D eigenvalue weighted by molar-refractivity contribution is -0.145. The smallest absolute Gasteiger partial charge is 0.336 e. The number of esters is 1. The molecule has 0 spiro atoms. The summed E-state index contributed by atoms with van der Waals surface area (Å²) in [6, 6.07) is 24.5. The molecule has 35 heavy (non-hydrogen) atoms. The zero-order chi connectivity index (χ0) is 24.8. The molecule has 0 aliphatic rings. The van der Waals surface area contributed by atoms with Crippen LogP contribution < -0.4 is 15.7 Å². The van der Waals surface area contributed by atoms with Gasteiger partial charge in [0.25, 0.3) is 5.91 Å². The molecule has 2 atom stereocenters. The van der Waals surface area contributed by atoms with Crippen LogP contribution in [0.4, 0.5) is 0 Å². The highest BCUT2D eigenvalue weighted by atomic mass is 16.5. The second-order valence-electron chi connectivity index (χ2n) is 8.04. The van der Waals surface area contributed by atoms with Crippen LogP contribution in [-0.4, -0.2) is 31.1 Å². The number of methoxy groups -OCH3 is 1. The molecule has 4 aromatic rings. The van der Waals surface area contributed by atoms with Gasteiger partial charge in [-0.15, -0.1) is 0 Å². The van der Waals surface area contributed by atoms with Gasteiger partial charge in [0.2, 0.25) is 0 Å². The van der Waals surface area contributed by atoms with Gasteiger partial charge in [0.15, 0.2) is 6.10 Å². The molecule has 0 radical (unpaired) electrons. The minimum absolute atomic E-state index is 0.287. The lowest BCUT2D eigenvalue weighted by atomic mass is 10.0. The Kier molecular flexibility index (Phi) is 7.26. The minimum atomic E-state index is -0.917. The summed E-state index contributed by atoms with van der Waals surface area (Å²) in [6.45, 7) is 1.58. The van der Waals surface area contributed by atoms with E-state index >= 15 is 0 Å². The van der Waals surface area contributed by atoms with Crippen molar-refractivity contribution in [1.82, 2.24) is 5.32 Å². The molecule has 0 aliphatic carbocycles. The first-order valence-electron chi connectivity index (χ1n) is 11.2. The number of hydrogen-bond acceptors (Lipinski definition) is 6.